The van der Waals surface area contributed by atoms with Gasteiger partial charge in [0.05, 0.1) is 17.2 Å². The fourth-order valence-corrected chi connectivity index (χ4v) is 1.61. The third kappa shape index (κ3) is 2.78. The van der Waals surface area contributed by atoms with Gasteiger partial charge in [-0.05, 0) is 43.3 Å². The van der Waals surface area contributed by atoms with Gasteiger partial charge in [-0.3, -0.25) is 4.79 Å². The number of ketones is 1. The lowest BCUT2D eigenvalue weighted by Crippen LogP contribution is -1.99. The molecule has 94 valence electrons. The highest BCUT2D eigenvalue weighted by atomic mass is 19.1. The van der Waals surface area contributed by atoms with Crippen molar-refractivity contribution < 1.29 is 13.9 Å². The number of ether oxygens (including phenoxy) is 1. The number of Topliss-reactive ketones (excluding diaryl/α,β-unsaturated/α-hetero) is 1. The highest BCUT2D eigenvalue weighted by molar-refractivity contribution is 5.96. The average Bonchev–Trinajstić information content (AvgIpc) is 2.41. The maximum absolute atomic E-state index is 13.7. The third-order valence-electron chi connectivity index (χ3n) is 2.55. The molecule has 0 aliphatic carbocycles. The minimum Gasteiger partial charge on any atom is -0.454 e. The van der Waals surface area contributed by atoms with Crippen molar-refractivity contribution in [2.45, 2.75) is 6.92 Å². The van der Waals surface area contributed by atoms with Gasteiger partial charge in [0.1, 0.15) is 5.75 Å². The number of rotatable bonds is 3. The first-order valence-corrected chi connectivity index (χ1v) is 5.59. The summed E-state index contributed by atoms with van der Waals surface area (Å²) in [6.45, 7) is 1.35. The number of carbonyl (C=O) groups excluding carboxylic acids is 1. The summed E-state index contributed by atoms with van der Waals surface area (Å²) in [5, 5.41) is 8.68. The summed E-state index contributed by atoms with van der Waals surface area (Å²) in [5.74, 6) is -0.605. The SMILES string of the molecule is CC(=O)c1cccc(F)c1Oc1ccc(C#N)cc1. The molecule has 0 fully saturated rings. The third-order valence-corrected chi connectivity index (χ3v) is 2.55. The van der Waals surface area contributed by atoms with E-state index in [2.05, 4.69) is 0 Å². The van der Waals surface area contributed by atoms with Gasteiger partial charge in [0.2, 0.25) is 0 Å². The molecule has 0 aliphatic rings. The molecule has 0 heterocycles. The Morgan fingerprint density at radius 1 is 1.21 bits per heavy atom. The van der Waals surface area contributed by atoms with Gasteiger partial charge in [-0.15, -0.1) is 0 Å². The second-order valence-corrected chi connectivity index (χ2v) is 3.91. The van der Waals surface area contributed by atoms with Crippen molar-refractivity contribution in [2.75, 3.05) is 0 Å². The Labute approximate surface area is 109 Å². The Morgan fingerprint density at radius 2 is 1.89 bits per heavy atom. The fourth-order valence-electron chi connectivity index (χ4n) is 1.61. The van der Waals surface area contributed by atoms with Crippen molar-refractivity contribution in [3.05, 3.63) is 59.4 Å². The van der Waals surface area contributed by atoms with E-state index >= 15 is 0 Å². The van der Waals surface area contributed by atoms with E-state index in [1.807, 2.05) is 6.07 Å². The minimum atomic E-state index is -0.600. The van der Waals surface area contributed by atoms with E-state index in [1.165, 1.54) is 25.1 Å². The van der Waals surface area contributed by atoms with Crippen molar-refractivity contribution in [1.82, 2.24) is 0 Å². The lowest BCUT2D eigenvalue weighted by Gasteiger charge is -2.10. The number of nitriles is 1. The van der Waals surface area contributed by atoms with Crippen LogP contribution in [0, 0.1) is 17.1 Å². The molecule has 2 aromatic carbocycles. The van der Waals surface area contributed by atoms with Crippen LogP contribution in [-0.2, 0) is 0 Å². The van der Waals surface area contributed by atoms with E-state index in [0.717, 1.165) is 0 Å². The zero-order valence-corrected chi connectivity index (χ0v) is 10.2. The smallest absolute Gasteiger partial charge is 0.173 e. The predicted molar refractivity (Wildman–Crippen MR) is 67.6 cm³/mol. The number of hydrogen-bond acceptors (Lipinski definition) is 3. The first-order valence-electron chi connectivity index (χ1n) is 5.59. The molecule has 0 atom stereocenters. The number of hydrogen-bond donors (Lipinski definition) is 0. The van der Waals surface area contributed by atoms with Crippen molar-refractivity contribution >= 4 is 5.78 Å². The number of nitrogens with zero attached hydrogens (tertiary/aromatic N) is 1. The van der Waals surface area contributed by atoms with Crippen molar-refractivity contribution in [3.8, 4) is 17.6 Å². The largest absolute Gasteiger partial charge is 0.454 e. The summed E-state index contributed by atoms with van der Waals surface area (Å²) in [7, 11) is 0. The van der Waals surface area contributed by atoms with E-state index in [0.29, 0.717) is 11.3 Å². The van der Waals surface area contributed by atoms with Gasteiger partial charge >= 0.3 is 0 Å². The van der Waals surface area contributed by atoms with Crippen LogP contribution in [0.3, 0.4) is 0 Å². The van der Waals surface area contributed by atoms with Gasteiger partial charge < -0.3 is 4.74 Å². The Balaban J connectivity index is 2.37. The molecule has 3 nitrogen and oxygen atoms in total. The monoisotopic (exact) mass is 255 g/mol. The summed E-state index contributed by atoms with van der Waals surface area (Å²) in [6.07, 6.45) is 0. The molecule has 0 amide bonds. The van der Waals surface area contributed by atoms with E-state index < -0.39 is 5.82 Å². The Morgan fingerprint density at radius 3 is 2.47 bits per heavy atom. The van der Waals surface area contributed by atoms with Crippen LogP contribution in [0.4, 0.5) is 4.39 Å². The normalized spacial score (nSPS) is 9.74. The van der Waals surface area contributed by atoms with Gasteiger partial charge in [0, 0.05) is 0 Å². The molecule has 0 saturated carbocycles. The Hall–Kier alpha value is -2.67. The van der Waals surface area contributed by atoms with Crippen LogP contribution in [-0.4, -0.2) is 5.78 Å². The molecule has 0 N–H and O–H groups in total. The summed E-state index contributed by atoms with van der Waals surface area (Å²) < 4.78 is 19.1. The zero-order valence-electron chi connectivity index (χ0n) is 10.2. The van der Waals surface area contributed by atoms with E-state index in [1.54, 1.807) is 24.3 Å². The Kier molecular flexibility index (Phi) is 3.58. The topological polar surface area (TPSA) is 50.1 Å². The second kappa shape index (κ2) is 5.32. The summed E-state index contributed by atoms with van der Waals surface area (Å²) in [6, 6.07) is 12.4. The summed E-state index contributed by atoms with van der Waals surface area (Å²) in [4.78, 5) is 11.4. The van der Waals surface area contributed by atoms with Crippen LogP contribution >= 0.6 is 0 Å². The van der Waals surface area contributed by atoms with Gasteiger partial charge in [-0.25, -0.2) is 4.39 Å². The standard InChI is InChI=1S/C15H10FNO2/c1-10(18)13-3-2-4-14(16)15(13)19-12-7-5-11(9-17)6-8-12/h2-8H,1H3. The summed E-state index contributed by atoms with van der Waals surface area (Å²) >= 11 is 0. The van der Waals surface area contributed by atoms with Crippen LogP contribution in [0.25, 0.3) is 0 Å². The number of halogens is 1. The van der Waals surface area contributed by atoms with Crippen LogP contribution in [0.1, 0.15) is 22.8 Å². The molecule has 0 aliphatic heterocycles. The molecule has 0 spiro atoms. The molecular weight excluding hydrogens is 245 g/mol. The number of benzene rings is 2. The predicted octanol–water partition coefficient (Wildman–Crippen LogP) is 3.69. The van der Waals surface area contributed by atoms with Crippen molar-refractivity contribution in [1.29, 1.82) is 5.26 Å². The number of carbonyl (C=O) groups is 1. The quantitative estimate of drug-likeness (QED) is 0.786. The molecular formula is C15H10FNO2. The molecule has 0 bridgehead atoms. The molecule has 4 heteroatoms. The highest BCUT2D eigenvalue weighted by Gasteiger charge is 2.14. The number of para-hydroxylation sites is 1. The highest BCUT2D eigenvalue weighted by Crippen LogP contribution is 2.28. The van der Waals surface area contributed by atoms with Gasteiger partial charge in [-0.2, -0.15) is 5.26 Å². The maximum Gasteiger partial charge on any atom is 0.173 e. The Bertz CT molecular complexity index is 657. The van der Waals surface area contributed by atoms with Gasteiger partial charge in [-0.1, -0.05) is 6.07 Å². The minimum absolute atomic E-state index is 0.0975. The molecule has 0 radical (unpaired) electrons. The van der Waals surface area contributed by atoms with E-state index in [4.69, 9.17) is 10.00 Å². The van der Waals surface area contributed by atoms with Gasteiger partial charge in [0.15, 0.2) is 17.3 Å². The zero-order chi connectivity index (χ0) is 13.8. The maximum atomic E-state index is 13.7. The summed E-state index contributed by atoms with van der Waals surface area (Å²) in [5.41, 5.74) is 0.664. The van der Waals surface area contributed by atoms with Crippen molar-refractivity contribution in [3.63, 3.8) is 0 Å². The molecule has 0 aromatic heterocycles. The van der Waals surface area contributed by atoms with Gasteiger partial charge in [0.25, 0.3) is 0 Å². The molecule has 2 rings (SSSR count). The molecule has 0 saturated heterocycles. The first kappa shape index (κ1) is 12.8. The van der Waals surface area contributed by atoms with Crippen LogP contribution in [0.15, 0.2) is 42.5 Å². The van der Waals surface area contributed by atoms with E-state index in [-0.39, 0.29) is 17.1 Å². The van der Waals surface area contributed by atoms with E-state index in [9.17, 15) is 9.18 Å². The molecule has 19 heavy (non-hydrogen) atoms. The lowest BCUT2D eigenvalue weighted by molar-refractivity contribution is 0.101. The second-order valence-electron chi connectivity index (χ2n) is 3.91. The van der Waals surface area contributed by atoms with Crippen LogP contribution in [0.2, 0.25) is 0 Å². The van der Waals surface area contributed by atoms with Crippen LogP contribution in [0.5, 0.6) is 11.5 Å². The fraction of sp³-hybridized carbons (Fsp3) is 0.0667. The average molecular weight is 255 g/mol. The molecule has 0 unspecified atom stereocenters. The first-order chi connectivity index (χ1) is 9.11. The lowest BCUT2D eigenvalue weighted by atomic mass is 10.1. The molecule has 2 aromatic rings. The van der Waals surface area contributed by atoms with Crippen molar-refractivity contribution in [2.24, 2.45) is 0 Å². The van der Waals surface area contributed by atoms with Crippen LogP contribution < -0.4 is 4.74 Å².